The van der Waals surface area contributed by atoms with Crippen LogP contribution in [0.1, 0.15) is 35.7 Å². The molecule has 0 saturated carbocycles. The average Bonchev–Trinajstić information content (AvgIpc) is 2.72. The molecule has 1 amide bonds. The number of hydrogen-bond donors (Lipinski definition) is 2. The van der Waals surface area contributed by atoms with Crippen LogP contribution >= 0.6 is 11.6 Å². The summed E-state index contributed by atoms with van der Waals surface area (Å²) >= 11 is 6.06. The second-order valence-corrected chi connectivity index (χ2v) is 6.62. The molecule has 2 rings (SSSR count). The van der Waals surface area contributed by atoms with Crippen molar-refractivity contribution < 1.29 is 14.3 Å². The number of amides is 1. The fraction of sp³-hybridized carbons (Fsp3) is 0.227. The quantitative estimate of drug-likeness (QED) is 0.274. The van der Waals surface area contributed by atoms with Crippen LogP contribution in [0.25, 0.3) is 0 Å². The summed E-state index contributed by atoms with van der Waals surface area (Å²) in [6.07, 6.45) is 2.96. The summed E-state index contributed by atoms with van der Waals surface area (Å²) in [5.41, 5.74) is 1.83. The van der Waals surface area contributed by atoms with Gasteiger partial charge in [-0.1, -0.05) is 43.1 Å². The second-order valence-electron chi connectivity index (χ2n) is 6.22. The predicted molar refractivity (Wildman–Crippen MR) is 114 cm³/mol. The molecule has 0 aliphatic heterocycles. The Kier molecular flexibility index (Phi) is 8.26. The first-order valence-electron chi connectivity index (χ1n) is 9.17. The van der Waals surface area contributed by atoms with Crippen molar-refractivity contribution in [2.75, 3.05) is 17.2 Å². The Balaban J connectivity index is 2.15. The normalized spacial score (nSPS) is 10.8. The molecular formula is C22H22ClN3O3. The van der Waals surface area contributed by atoms with Crippen molar-refractivity contribution in [3.8, 4) is 6.07 Å². The van der Waals surface area contributed by atoms with E-state index in [1.54, 1.807) is 49.4 Å². The molecule has 0 radical (unpaired) electrons. The zero-order valence-corrected chi connectivity index (χ0v) is 17.0. The van der Waals surface area contributed by atoms with Gasteiger partial charge in [0.2, 0.25) is 0 Å². The molecule has 0 heterocycles. The highest BCUT2D eigenvalue weighted by Gasteiger charge is 2.14. The Morgan fingerprint density at radius 3 is 2.62 bits per heavy atom. The van der Waals surface area contributed by atoms with E-state index >= 15 is 0 Å². The van der Waals surface area contributed by atoms with Gasteiger partial charge in [-0.05, 0) is 43.2 Å². The third-order valence-electron chi connectivity index (χ3n) is 4.13. The maximum atomic E-state index is 12.4. The molecule has 0 aliphatic rings. The van der Waals surface area contributed by atoms with Gasteiger partial charge >= 0.3 is 5.97 Å². The Hall–Kier alpha value is -3.30. The van der Waals surface area contributed by atoms with E-state index in [4.69, 9.17) is 16.3 Å². The number of nitriles is 1. The first kappa shape index (κ1) is 22.0. The Labute approximate surface area is 175 Å². The second kappa shape index (κ2) is 10.9. The first-order valence-corrected chi connectivity index (χ1v) is 9.55. The molecule has 0 atom stereocenters. The number of nitrogens with zero attached hydrogens (tertiary/aromatic N) is 1. The molecule has 7 heteroatoms. The van der Waals surface area contributed by atoms with Crippen molar-refractivity contribution in [1.29, 1.82) is 5.26 Å². The number of ether oxygens (including phenoxy) is 1. The predicted octanol–water partition coefficient (Wildman–Crippen LogP) is 5.06. The molecule has 2 aromatic rings. The van der Waals surface area contributed by atoms with Crippen molar-refractivity contribution in [2.45, 2.75) is 26.7 Å². The van der Waals surface area contributed by atoms with Gasteiger partial charge in [-0.2, -0.15) is 5.26 Å². The monoisotopic (exact) mass is 411 g/mol. The number of rotatable bonds is 8. The smallest absolute Gasteiger partial charge is 0.340 e. The largest absolute Gasteiger partial charge is 0.462 e. The van der Waals surface area contributed by atoms with E-state index in [2.05, 4.69) is 10.6 Å². The van der Waals surface area contributed by atoms with Gasteiger partial charge in [0.1, 0.15) is 11.6 Å². The van der Waals surface area contributed by atoms with Gasteiger partial charge in [-0.25, -0.2) is 4.79 Å². The number of carbonyl (C=O) groups excluding carboxylic acids is 2. The third-order valence-corrected chi connectivity index (χ3v) is 4.54. The molecule has 0 spiro atoms. The number of unbranched alkanes of at least 4 members (excludes halogenated alkanes) is 1. The number of carbonyl (C=O) groups is 2. The summed E-state index contributed by atoms with van der Waals surface area (Å²) in [5.74, 6) is -1.05. The lowest BCUT2D eigenvalue weighted by Crippen LogP contribution is -2.16. The van der Waals surface area contributed by atoms with Crippen molar-refractivity contribution in [3.63, 3.8) is 0 Å². The van der Waals surface area contributed by atoms with Gasteiger partial charge < -0.3 is 15.4 Å². The maximum absolute atomic E-state index is 12.4. The summed E-state index contributed by atoms with van der Waals surface area (Å²) in [6, 6.07) is 13.7. The highest BCUT2D eigenvalue weighted by molar-refractivity contribution is 6.31. The van der Waals surface area contributed by atoms with Gasteiger partial charge in [0, 0.05) is 16.9 Å². The van der Waals surface area contributed by atoms with Crippen LogP contribution in [0.5, 0.6) is 0 Å². The molecule has 0 bridgehead atoms. The van der Waals surface area contributed by atoms with Crippen LogP contribution in [0.15, 0.2) is 54.2 Å². The standard InChI is InChI=1S/C22H22ClN3O3/c1-3-4-12-29-22(28)17-8-5-6-10-20(17)25-14-16(13-24)21(27)26-19-11-7-9-18(23)15(19)2/h5-11,14,25H,3-4,12H2,1-2H3,(H,26,27)/b16-14-. The molecule has 0 fully saturated rings. The summed E-state index contributed by atoms with van der Waals surface area (Å²) in [4.78, 5) is 24.7. The van der Waals surface area contributed by atoms with E-state index in [0.717, 1.165) is 12.8 Å². The summed E-state index contributed by atoms with van der Waals surface area (Å²) in [7, 11) is 0. The van der Waals surface area contributed by atoms with E-state index in [-0.39, 0.29) is 5.57 Å². The van der Waals surface area contributed by atoms with E-state index in [9.17, 15) is 14.9 Å². The van der Waals surface area contributed by atoms with Crippen molar-refractivity contribution in [2.24, 2.45) is 0 Å². The molecule has 0 saturated heterocycles. The van der Waals surface area contributed by atoms with Crippen LogP contribution in [0.4, 0.5) is 11.4 Å². The lowest BCUT2D eigenvalue weighted by Gasteiger charge is -2.11. The maximum Gasteiger partial charge on any atom is 0.340 e. The summed E-state index contributed by atoms with van der Waals surface area (Å²) in [6.45, 7) is 4.12. The Bertz CT molecular complexity index is 964. The van der Waals surface area contributed by atoms with Crippen LogP contribution in [0.2, 0.25) is 5.02 Å². The molecule has 6 nitrogen and oxygen atoms in total. The molecule has 150 valence electrons. The van der Waals surface area contributed by atoms with Crippen molar-refractivity contribution in [1.82, 2.24) is 0 Å². The highest BCUT2D eigenvalue weighted by Crippen LogP contribution is 2.23. The van der Waals surface area contributed by atoms with E-state index in [1.165, 1.54) is 6.20 Å². The van der Waals surface area contributed by atoms with E-state index in [1.807, 2.05) is 13.0 Å². The third kappa shape index (κ3) is 6.09. The zero-order chi connectivity index (χ0) is 21.2. The van der Waals surface area contributed by atoms with Gasteiger partial charge in [-0.15, -0.1) is 0 Å². The lowest BCUT2D eigenvalue weighted by molar-refractivity contribution is -0.112. The molecule has 0 aromatic heterocycles. The Morgan fingerprint density at radius 2 is 1.90 bits per heavy atom. The number of benzene rings is 2. The average molecular weight is 412 g/mol. The van der Waals surface area contributed by atoms with Gasteiger partial charge in [0.15, 0.2) is 0 Å². The van der Waals surface area contributed by atoms with Crippen molar-refractivity contribution in [3.05, 3.63) is 70.4 Å². The molecule has 2 aromatic carbocycles. The van der Waals surface area contributed by atoms with Gasteiger partial charge in [0.25, 0.3) is 5.91 Å². The molecular weight excluding hydrogens is 390 g/mol. The van der Waals surface area contributed by atoms with Gasteiger partial charge in [0.05, 0.1) is 17.9 Å². The van der Waals surface area contributed by atoms with Crippen molar-refractivity contribution >= 4 is 34.9 Å². The molecule has 2 N–H and O–H groups in total. The van der Waals surface area contributed by atoms with E-state index in [0.29, 0.717) is 34.1 Å². The number of nitrogens with one attached hydrogen (secondary N) is 2. The minimum Gasteiger partial charge on any atom is -0.462 e. The molecule has 0 unspecified atom stereocenters. The van der Waals surface area contributed by atoms with Crippen LogP contribution in [-0.4, -0.2) is 18.5 Å². The minimum atomic E-state index is -0.589. The summed E-state index contributed by atoms with van der Waals surface area (Å²) in [5, 5.41) is 15.4. The molecule has 29 heavy (non-hydrogen) atoms. The Morgan fingerprint density at radius 1 is 1.17 bits per heavy atom. The number of para-hydroxylation sites is 1. The zero-order valence-electron chi connectivity index (χ0n) is 16.3. The minimum absolute atomic E-state index is 0.154. The first-order chi connectivity index (χ1) is 14.0. The number of hydrogen-bond acceptors (Lipinski definition) is 5. The topological polar surface area (TPSA) is 91.2 Å². The fourth-order valence-electron chi connectivity index (χ4n) is 2.40. The SMILES string of the molecule is CCCCOC(=O)c1ccccc1N/C=C(/C#N)C(=O)Nc1cccc(Cl)c1C. The molecule has 0 aliphatic carbocycles. The number of esters is 1. The lowest BCUT2D eigenvalue weighted by atomic mass is 10.1. The number of anilines is 2. The summed E-state index contributed by atoms with van der Waals surface area (Å²) < 4.78 is 5.24. The van der Waals surface area contributed by atoms with Crippen LogP contribution < -0.4 is 10.6 Å². The fourth-order valence-corrected chi connectivity index (χ4v) is 2.58. The van der Waals surface area contributed by atoms with Gasteiger partial charge in [-0.3, -0.25) is 4.79 Å². The van der Waals surface area contributed by atoms with Crippen LogP contribution in [-0.2, 0) is 9.53 Å². The number of halogens is 1. The van der Waals surface area contributed by atoms with Crippen LogP contribution in [0.3, 0.4) is 0 Å². The highest BCUT2D eigenvalue weighted by atomic mass is 35.5. The van der Waals surface area contributed by atoms with Crippen LogP contribution in [0, 0.1) is 18.3 Å². The van der Waals surface area contributed by atoms with E-state index < -0.39 is 11.9 Å².